The Hall–Kier alpha value is -0.970. The molecule has 0 fully saturated rings. The average molecular weight is 347 g/mol. The molecule has 2 N–H and O–H groups in total. The first-order valence-electron chi connectivity index (χ1n) is 5.62. The largest absolute Gasteiger partial charge is 0.324 e. The summed E-state index contributed by atoms with van der Waals surface area (Å²) < 4.78 is 27.1. The molecular formula is C14H11BrClF2N. The second-order valence-corrected chi connectivity index (χ2v) is 5.40. The van der Waals surface area contributed by atoms with Crippen LogP contribution in [0.3, 0.4) is 0 Å². The summed E-state index contributed by atoms with van der Waals surface area (Å²) in [4.78, 5) is 0. The first-order valence-corrected chi connectivity index (χ1v) is 6.79. The summed E-state index contributed by atoms with van der Waals surface area (Å²) in [7, 11) is 0. The van der Waals surface area contributed by atoms with Crippen LogP contribution in [0.1, 0.15) is 17.2 Å². The fraction of sp³-hybridized carbons (Fsp3) is 0.143. The zero-order valence-corrected chi connectivity index (χ0v) is 12.2. The van der Waals surface area contributed by atoms with Gasteiger partial charge in [0.1, 0.15) is 11.6 Å². The molecular weight excluding hydrogens is 336 g/mol. The molecule has 0 aliphatic heterocycles. The molecule has 0 heterocycles. The van der Waals surface area contributed by atoms with Gasteiger partial charge in [-0.2, -0.15) is 0 Å². The molecule has 1 nitrogen and oxygen atoms in total. The maximum Gasteiger partial charge on any atom is 0.142 e. The average Bonchev–Trinajstić information content (AvgIpc) is 2.37. The fourth-order valence-corrected chi connectivity index (χ4v) is 2.51. The smallest absolute Gasteiger partial charge is 0.142 e. The van der Waals surface area contributed by atoms with Crippen molar-refractivity contribution in [2.24, 2.45) is 5.73 Å². The Morgan fingerprint density at radius 2 is 1.89 bits per heavy atom. The zero-order chi connectivity index (χ0) is 14.0. The van der Waals surface area contributed by atoms with Crippen molar-refractivity contribution >= 4 is 27.5 Å². The third-order valence-corrected chi connectivity index (χ3v) is 3.96. The van der Waals surface area contributed by atoms with Crippen molar-refractivity contribution in [3.63, 3.8) is 0 Å². The predicted octanol–water partition coefficient (Wildman–Crippen LogP) is 4.62. The normalized spacial score (nSPS) is 12.5. The van der Waals surface area contributed by atoms with Gasteiger partial charge in [0.15, 0.2) is 0 Å². The van der Waals surface area contributed by atoms with E-state index in [1.807, 2.05) is 0 Å². The maximum absolute atomic E-state index is 13.4. The van der Waals surface area contributed by atoms with Crippen molar-refractivity contribution in [1.29, 1.82) is 0 Å². The highest BCUT2D eigenvalue weighted by Crippen LogP contribution is 2.27. The Morgan fingerprint density at radius 1 is 1.16 bits per heavy atom. The summed E-state index contributed by atoms with van der Waals surface area (Å²) in [5.41, 5.74) is 7.39. The predicted molar refractivity (Wildman–Crippen MR) is 76.1 cm³/mol. The van der Waals surface area contributed by atoms with Gasteiger partial charge in [0, 0.05) is 6.04 Å². The minimum absolute atomic E-state index is 0.0734. The summed E-state index contributed by atoms with van der Waals surface area (Å²) in [6.45, 7) is 0. The number of benzene rings is 2. The van der Waals surface area contributed by atoms with Gasteiger partial charge in [0.25, 0.3) is 0 Å². The van der Waals surface area contributed by atoms with Crippen molar-refractivity contribution in [2.75, 3.05) is 0 Å². The molecule has 2 aromatic carbocycles. The van der Waals surface area contributed by atoms with Crippen LogP contribution in [-0.4, -0.2) is 0 Å². The fourth-order valence-electron chi connectivity index (χ4n) is 1.84. The number of halogens is 4. The molecule has 0 spiro atoms. The summed E-state index contributed by atoms with van der Waals surface area (Å²) in [5.74, 6) is -0.847. The van der Waals surface area contributed by atoms with Crippen LogP contribution in [-0.2, 0) is 6.42 Å². The first-order chi connectivity index (χ1) is 8.99. The minimum atomic E-state index is -0.482. The molecule has 0 amide bonds. The molecule has 100 valence electrons. The van der Waals surface area contributed by atoms with Crippen LogP contribution in [0, 0.1) is 11.6 Å². The molecule has 0 bridgehead atoms. The third kappa shape index (κ3) is 3.32. The lowest BCUT2D eigenvalue weighted by Gasteiger charge is -2.14. The number of hydrogen-bond acceptors (Lipinski definition) is 1. The van der Waals surface area contributed by atoms with E-state index in [9.17, 15) is 8.78 Å². The van der Waals surface area contributed by atoms with Crippen LogP contribution in [0.4, 0.5) is 8.78 Å². The molecule has 2 rings (SSSR count). The quantitative estimate of drug-likeness (QED) is 0.862. The molecule has 19 heavy (non-hydrogen) atoms. The monoisotopic (exact) mass is 345 g/mol. The van der Waals surface area contributed by atoms with Gasteiger partial charge in [-0.05, 0) is 51.7 Å². The van der Waals surface area contributed by atoms with Gasteiger partial charge in [-0.3, -0.25) is 0 Å². The summed E-state index contributed by atoms with van der Waals surface area (Å²) in [6, 6.07) is 8.79. The van der Waals surface area contributed by atoms with Crippen molar-refractivity contribution in [3.8, 4) is 0 Å². The second-order valence-electron chi connectivity index (χ2n) is 4.20. The summed E-state index contributed by atoms with van der Waals surface area (Å²) >= 11 is 8.79. The highest BCUT2D eigenvalue weighted by Gasteiger charge is 2.14. The third-order valence-electron chi connectivity index (χ3n) is 2.82. The van der Waals surface area contributed by atoms with Crippen molar-refractivity contribution in [2.45, 2.75) is 12.5 Å². The van der Waals surface area contributed by atoms with Gasteiger partial charge in [-0.25, -0.2) is 8.78 Å². The van der Waals surface area contributed by atoms with Crippen LogP contribution in [0.2, 0.25) is 5.02 Å². The topological polar surface area (TPSA) is 26.0 Å². The molecule has 5 heteroatoms. The van der Waals surface area contributed by atoms with Crippen molar-refractivity contribution < 1.29 is 8.78 Å². The van der Waals surface area contributed by atoms with Gasteiger partial charge in [0.2, 0.25) is 0 Å². The molecule has 0 radical (unpaired) electrons. The van der Waals surface area contributed by atoms with E-state index >= 15 is 0 Å². The maximum atomic E-state index is 13.4. The second kappa shape index (κ2) is 5.99. The van der Waals surface area contributed by atoms with E-state index in [-0.39, 0.29) is 10.8 Å². The zero-order valence-electron chi connectivity index (χ0n) is 9.84. The van der Waals surface area contributed by atoms with E-state index in [1.54, 1.807) is 18.2 Å². The summed E-state index contributed by atoms with van der Waals surface area (Å²) in [5, 5.41) is 0.0734. The summed E-state index contributed by atoms with van der Waals surface area (Å²) in [6.07, 6.45) is 0.399. The van der Waals surface area contributed by atoms with Gasteiger partial charge in [-0.1, -0.05) is 29.8 Å². The highest BCUT2D eigenvalue weighted by molar-refractivity contribution is 9.10. The Labute approximate surface area is 123 Å². The molecule has 2 aromatic rings. The Kier molecular flexibility index (Phi) is 4.55. The molecule has 1 atom stereocenters. The lowest BCUT2D eigenvalue weighted by atomic mass is 9.99. The number of rotatable bonds is 3. The van der Waals surface area contributed by atoms with E-state index < -0.39 is 11.9 Å². The van der Waals surface area contributed by atoms with Crippen LogP contribution >= 0.6 is 27.5 Å². The molecule has 1 unspecified atom stereocenters. The Bertz CT molecular complexity index is 604. The van der Waals surface area contributed by atoms with Crippen LogP contribution in [0.5, 0.6) is 0 Å². The van der Waals surface area contributed by atoms with E-state index in [1.165, 1.54) is 18.2 Å². The Morgan fingerprint density at radius 3 is 2.58 bits per heavy atom. The van der Waals surface area contributed by atoms with Gasteiger partial charge >= 0.3 is 0 Å². The number of hydrogen-bond donors (Lipinski definition) is 1. The van der Waals surface area contributed by atoms with Gasteiger partial charge in [-0.15, -0.1) is 0 Å². The first kappa shape index (κ1) is 14.4. The van der Waals surface area contributed by atoms with E-state index in [0.717, 1.165) is 0 Å². The van der Waals surface area contributed by atoms with E-state index in [0.29, 0.717) is 22.0 Å². The molecule has 0 aromatic heterocycles. The number of nitrogens with two attached hydrogens (primary N) is 1. The van der Waals surface area contributed by atoms with Crippen LogP contribution in [0.15, 0.2) is 40.9 Å². The van der Waals surface area contributed by atoms with Crippen molar-refractivity contribution in [3.05, 3.63) is 68.7 Å². The molecule has 0 aliphatic carbocycles. The molecule has 0 saturated heterocycles. The van der Waals surface area contributed by atoms with Gasteiger partial charge < -0.3 is 5.73 Å². The van der Waals surface area contributed by atoms with E-state index in [4.69, 9.17) is 17.3 Å². The van der Waals surface area contributed by atoms with Gasteiger partial charge in [0.05, 0.1) is 9.50 Å². The molecule has 0 saturated carbocycles. The lowest BCUT2D eigenvalue weighted by molar-refractivity contribution is 0.607. The Balaban J connectivity index is 2.23. The van der Waals surface area contributed by atoms with E-state index in [2.05, 4.69) is 15.9 Å². The van der Waals surface area contributed by atoms with Crippen LogP contribution in [0.25, 0.3) is 0 Å². The lowest BCUT2D eigenvalue weighted by Crippen LogP contribution is -2.14. The SMILES string of the molecule is NC(Cc1ccc(Cl)c(F)c1)c1cccc(F)c1Br. The minimum Gasteiger partial charge on any atom is -0.324 e. The van der Waals surface area contributed by atoms with Crippen LogP contribution < -0.4 is 5.73 Å². The highest BCUT2D eigenvalue weighted by atomic mass is 79.9. The van der Waals surface area contributed by atoms with Crippen molar-refractivity contribution in [1.82, 2.24) is 0 Å². The molecule has 0 aliphatic rings. The standard InChI is InChI=1S/C14H11BrClF2N/c15-14-9(2-1-3-11(14)17)13(19)7-8-4-5-10(16)12(18)6-8/h1-6,13H,7,19H2.